The van der Waals surface area contributed by atoms with Gasteiger partial charge in [0.15, 0.2) is 0 Å². The molecular weight excluding hydrogens is 90.1 g/mol. The monoisotopic (exact) mass is 103 g/mol. The Balaban J connectivity index is 2.45. The van der Waals surface area contributed by atoms with Gasteiger partial charge in [0.25, 0.3) is 0 Å². The van der Waals surface area contributed by atoms with Crippen molar-refractivity contribution in [3.8, 4) is 0 Å². The molecule has 0 saturated carbocycles. The molecule has 0 unspecified atom stereocenters. The zero-order chi connectivity index (χ0) is 5.54. The van der Waals surface area contributed by atoms with Gasteiger partial charge in [-0.1, -0.05) is 6.92 Å². The molecule has 0 amide bonds. The Labute approximate surface area is 44.9 Å². The maximum atomic E-state index is 4.96. The van der Waals surface area contributed by atoms with Gasteiger partial charge in [-0.15, -0.1) is 0 Å². The lowest BCUT2D eigenvalue weighted by molar-refractivity contribution is 0.130. The van der Waals surface area contributed by atoms with Gasteiger partial charge in [0.1, 0.15) is 0 Å². The van der Waals surface area contributed by atoms with Crippen molar-refractivity contribution < 1.29 is 4.74 Å². The van der Waals surface area contributed by atoms with Gasteiger partial charge in [-0.25, -0.2) is 0 Å². The average Bonchev–Trinajstić information content (AvgIpc) is 1.69. The summed E-state index contributed by atoms with van der Waals surface area (Å²) >= 11 is 0. The molecule has 0 fully saturated rings. The molecule has 0 aliphatic heterocycles. The average molecular weight is 103 g/mol. The first-order valence-corrected chi connectivity index (χ1v) is 2.70. The molecule has 0 rings (SSSR count). The Morgan fingerprint density at radius 1 is 1.43 bits per heavy atom. The quantitative estimate of drug-likeness (QED) is 0.415. The van der Waals surface area contributed by atoms with Crippen LogP contribution in [0, 0.1) is 0 Å². The molecule has 0 spiro atoms. The van der Waals surface area contributed by atoms with E-state index in [0.717, 1.165) is 13.2 Å². The second kappa shape index (κ2) is 5.92. The van der Waals surface area contributed by atoms with E-state index in [0.29, 0.717) is 6.73 Å². The van der Waals surface area contributed by atoms with Crippen molar-refractivity contribution in [2.45, 2.75) is 13.8 Å². The lowest BCUT2D eigenvalue weighted by atomic mass is 10.8. The van der Waals surface area contributed by atoms with Crippen LogP contribution < -0.4 is 5.32 Å². The number of hydrogen-bond acceptors (Lipinski definition) is 2. The van der Waals surface area contributed by atoms with Crippen LogP contribution in [0.3, 0.4) is 0 Å². The van der Waals surface area contributed by atoms with Gasteiger partial charge in [0.2, 0.25) is 0 Å². The normalized spacial score (nSPS) is 9.43. The zero-order valence-electron chi connectivity index (χ0n) is 5.03. The molecule has 2 heteroatoms. The van der Waals surface area contributed by atoms with Crippen LogP contribution in [0.1, 0.15) is 13.8 Å². The van der Waals surface area contributed by atoms with Gasteiger partial charge in [0.05, 0.1) is 6.73 Å². The minimum Gasteiger partial charge on any atom is -0.367 e. The molecular formula is C5H13NO. The smallest absolute Gasteiger partial charge is 0.0964 e. The highest BCUT2D eigenvalue weighted by atomic mass is 16.5. The summed E-state index contributed by atoms with van der Waals surface area (Å²) in [6, 6.07) is 0. The van der Waals surface area contributed by atoms with E-state index in [1.54, 1.807) is 0 Å². The van der Waals surface area contributed by atoms with Crippen LogP contribution >= 0.6 is 0 Å². The first-order valence-electron chi connectivity index (χ1n) is 2.70. The van der Waals surface area contributed by atoms with Crippen molar-refractivity contribution in [3.63, 3.8) is 0 Å². The Morgan fingerprint density at radius 3 is 2.57 bits per heavy atom. The summed E-state index contributed by atoms with van der Waals surface area (Å²) in [5.74, 6) is 0. The second-order valence-corrected chi connectivity index (χ2v) is 1.24. The van der Waals surface area contributed by atoms with E-state index in [-0.39, 0.29) is 0 Å². The molecule has 1 N–H and O–H groups in total. The Hall–Kier alpha value is -0.0800. The van der Waals surface area contributed by atoms with Gasteiger partial charge < -0.3 is 4.74 Å². The SMILES string of the molecule is CCNCOCC. The predicted octanol–water partition coefficient (Wildman–Crippen LogP) is 0.590. The highest BCUT2D eigenvalue weighted by molar-refractivity contribution is 4.25. The first kappa shape index (κ1) is 6.92. The van der Waals surface area contributed by atoms with E-state index in [4.69, 9.17) is 4.74 Å². The summed E-state index contributed by atoms with van der Waals surface area (Å²) in [6.07, 6.45) is 0. The van der Waals surface area contributed by atoms with E-state index in [1.807, 2.05) is 6.92 Å². The van der Waals surface area contributed by atoms with Crippen molar-refractivity contribution in [3.05, 3.63) is 0 Å². The Bertz CT molecular complexity index is 27.3. The van der Waals surface area contributed by atoms with E-state index in [1.165, 1.54) is 0 Å². The van der Waals surface area contributed by atoms with Crippen molar-refractivity contribution in [2.24, 2.45) is 0 Å². The van der Waals surface area contributed by atoms with Crippen molar-refractivity contribution in [1.82, 2.24) is 5.32 Å². The van der Waals surface area contributed by atoms with Gasteiger partial charge in [-0.2, -0.15) is 0 Å². The topological polar surface area (TPSA) is 21.3 Å². The van der Waals surface area contributed by atoms with Gasteiger partial charge in [-0.05, 0) is 13.5 Å². The van der Waals surface area contributed by atoms with Crippen LogP contribution in [0.2, 0.25) is 0 Å². The van der Waals surface area contributed by atoms with Crippen molar-refractivity contribution >= 4 is 0 Å². The fraction of sp³-hybridized carbons (Fsp3) is 1.00. The molecule has 0 atom stereocenters. The minimum atomic E-state index is 0.688. The van der Waals surface area contributed by atoms with Crippen LogP contribution in [0.25, 0.3) is 0 Å². The standard InChI is InChI=1S/C5H13NO/c1-3-6-5-7-4-2/h6H,3-5H2,1-2H3. The van der Waals surface area contributed by atoms with Crippen molar-refractivity contribution in [1.29, 1.82) is 0 Å². The van der Waals surface area contributed by atoms with Gasteiger partial charge in [0, 0.05) is 6.61 Å². The number of ether oxygens (including phenoxy) is 1. The first-order chi connectivity index (χ1) is 3.41. The lowest BCUT2D eigenvalue weighted by Crippen LogP contribution is -2.16. The minimum absolute atomic E-state index is 0.688. The lowest BCUT2D eigenvalue weighted by Gasteiger charge is -1.97. The maximum Gasteiger partial charge on any atom is 0.0964 e. The summed E-state index contributed by atoms with van der Waals surface area (Å²) in [5.41, 5.74) is 0. The third kappa shape index (κ3) is 5.92. The van der Waals surface area contributed by atoms with E-state index < -0.39 is 0 Å². The van der Waals surface area contributed by atoms with E-state index in [9.17, 15) is 0 Å². The summed E-state index contributed by atoms with van der Waals surface area (Å²) < 4.78 is 4.96. The van der Waals surface area contributed by atoms with Gasteiger partial charge in [-0.3, -0.25) is 5.32 Å². The molecule has 7 heavy (non-hydrogen) atoms. The Kier molecular flexibility index (Phi) is 5.85. The number of rotatable bonds is 4. The highest BCUT2D eigenvalue weighted by Crippen LogP contribution is 1.64. The zero-order valence-corrected chi connectivity index (χ0v) is 5.03. The largest absolute Gasteiger partial charge is 0.367 e. The summed E-state index contributed by atoms with van der Waals surface area (Å²) in [5, 5.41) is 3.03. The van der Waals surface area contributed by atoms with E-state index >= 15 is 0 Å². The molecule has 0 bridgehead atoms. The maximum absolute atomic E-state index is 4.96. The predicted molar refractivity (Wildman–Crippen MR) is 30.2 cm³/mol. The van der Waals surface area contributed by atoms with Crippen LogP contribution in [-0.2, 0) is 4.74 Å². The van der Waals surface area contributed by atoms with Crippen LogP contribution in [0.5, 0.6) is 0 Å². The van der Waals surface area contributed by atoms with Crippen LogP contribution in [0.4, 0.5) is 0 Å². The number of nitrogens with one attached hydrogen (secondary N) is 1. The fourth-order valence-electron chi connectivity index (χ4n) is 0.276. The molecule has 0 aromatic heterocycles. The van der Waals surface area contributed by atoms with E-state index in [2.05, 4.69) is 12.2 Å². The third-order valence-corrected chi connectivity index (χ3v) is 0.658. The van der Waals surface area contributed by atoms with Crippen LogP contribution in [-0.4, -0.2) is 19.9 Å². The summed E-state index contributed by atoms with van der Waals surface area (Å²) in [6.45, 7) is 6.51. The molecule has 0 aliphatic rings. The molecule has 0 aliphatic carbocycles. The third-order valence-electron chi connectivity index (χ3n) is 0.658. The summed E-state index contributed by atoms with van der Waals surface area (Å²) in [7, 11) is 0. The highest BCUT2D eigenvalue weighted by Gasteiger charge is 1.75. The Morgan fingerprint density at radius 2 is 2.14 bits per heavy atom. The van der Waals surface area contributed by atoms with Crippen LogP contribution in [0.15, 0.2) is 0 Å². The molecule has 44 valence electrons. The van der Waals surface area contributed by atoms with Crippen molar-refractivity contribution in [2.75, 3.05) is 19.9 Å². The molecule has 0 saturated heterocycles. The second-order valence-electron chi connectivity index (χ2n) is 1.24. The van der Waals surface area contributed by atoms with Gasteiger partial charge >= 0.3 is 0 Å². The molecule has 0 radical (unpaired) electrons. The molecule has 2 nitrogen and oxygen atoms in total. The molecule has 0 aromatic carbocycles. The molecule has 0 aromatic rings. The fourth-order valence-corrected chi connectivity index (χ4v) is 0.276. The molecule has 0 heterocycles. The summed E-state index contributed by atoms with van der Waals surface area (Å²) in [4.78, 5) is 0. The number of hydrogen-bond donors (Lipinski definition) is 1.